The molecular formula is C25H27FN6O3. The van der Waals surface area contributed by atoms with Crippen LogP contribution in [-0.4, -0.2) is 64.2 Å². The Morgan fingerprint density at radius 2 is 2.17 bits per heavy atom. The monoisotopic (exact) mass is 478 g/mol. The number of anilines is 1. The van der Waals surface area contributed by atoms with Crippen LogP contribution in [0.3, 0.4) is 0 Å². The van der Waals surface area contributed by atoms with E-state index in [0.29, 0.717) is 47.6 Å². The lowest BCUT2D eigenvalue weighted by atomic mass is 10.1. The quantitative estimate of drug-likeness (QED) is 0.417. The number of methoxy groups -OCH3 is 1. The summed E-state index contributed by atoms with van der Waals surface area (Å²) in [7, 11) is 4.99. The number of halogens is 1. The molecule has 2 aromatic heterocycles. The minimum atomic E-state index is -0.644. The Labute approximate surface area is 202 Å². The van der Waals surface area contributed by atoms with E-state index in [1.54, 1.807) is 42.9 Å². The van der Waals surface area contributed by atoms with Crippen molar-refractivity contribution in [2.45, 2.75) is 18.5 Å². The van der Waals surface area contributed by atoms with Crippen molar-refractivity contribution in [1.29, 1.82) is 0 Å². The Balaban J connectivity index is 1.74. The van der Waals surface area contributed by atoms with Crippen LogP contribution in [-0.2, 0) is 16.6 Å². The largest absolute Gasteiger partial charge is 0.383 e. The summed E-state index contributed by atoms with van der Waals surface area (Å²) in [5.74, 6) is 5.15. The van der Waals surface area contributed by atoms with Gasteiger partial charge in [0.15, 0.2) is 0 Å². The lowest BCUT2D eigenvalue weighted by Gasteiger charge is -2.22. The molecule has 3 aromatic rings. The number of aromatic nitrogens is 3. The van der Waals surface area contributed by atoms with Gasteiger partial charge >= 0.3 is 0 Å². The molecule has 9 nitrogen and oxygen atoms in total. The average molecular weight is 479 g/mol. The van der Waals surface area contributed by atoms with Crippen molar-refractivity contribution in [1.82, 2.24) is 19.0 Å². The number of rotatable bonds is 6. The smallest absolute Gasteiger partial charge is 0.253 e. The fraction of sp³-hybridized carbons (Fsp3) is 0.320. The highest BCUT2D eigenvalue weighted by atomic mass is 19.1. The number of hydrogen-bond donors (Lipinski definition) is 2. The number of amides is 2. The number of aryl methyl sites for hydroxylation is 1. The molecule has 2 atom stereocenters. The van der Waals surface area contributed by atoms with Gasteiger partial charge in [-0.2, -0.15) is 0 Å². The van der Waals surface area contributed by atoms with Gasteiger partial charge in [-0.3, -0.25) is 9.59 Å². The second-order valence-corrected chi connectivity index (χ2v) is 8.41. The number of nitrogens with one attached hydrogen (secondary N) is 1. The van der Waals surface area contributed by atoms with Crippen molar-refractivity contribution >= 4 is 28.7 Å². The highest BCUT2D eigenvalue weighted by molar-refractivity contribution is 6.01. The Morgan fingerprint density at radius 3 is 2.83 bits per heavy atom. The third kappa shape index (κ3) is 4.38. The molecule has 1 aliphatic heterocycles. The lowest BCUT2D eigenvalue weighted by molar-refractivity contribution is -0.127. The molecule has 35 heavy (non-hydrogen) atoms. The van der Waals surface area contributed by atoms with Crippen LogP contribution >= 0.6 is 0 Å². The van der Waals surface area contributed by atoms with E-state index in [4.69, 9.17) is 10.5 Å². The normalized spacial score (nSPS) is 17.3. The summed E-state index contributed by atoms with van der Waals surface area (Å²) >= 11 is 0. The maximum Gasteiger partial charge on any atom is 0.253 e. The minimum absolute atomic E-state index is 0.137. The molecule has 1 aliphatic rings. The highest BCUT2D eigenvalue weighted by Gasteiger charge is 2.37. The fourth-order valence-corrected chi connectivity index (χ4v) is 4.69. The van der Waals surface area contributed by atoms with Crippen LogP contribution in [0.25, 0.3) is 11.0 Å². The molecule has 10 heteroatoms. The number of likely N-dealkylation sites (tertiary alicyclic amines) is 1. The first-order valence-electron chi connectivity index (χ1n) is 11.1. The van der Waals surface area contributed by atoms with E-state index < -0.39 is 11.7 Å². The van der Waals surface area contributed by atoms with Crippen LogP contribution in [0.5, 0.6) is 0 Å². The zero-order valence-corrected chi connectivity index (χ0v) is 19.8. The molecular weight excluding hydrogens is 451 g/mol. The predicted molar refractivity (Wildman–Crippen MR) is 130 cm³/mol. The highest BCUT2D eigenvalue weighted by Crippen LogP contribution is 2.34. The van der Waals surface area contributed by atoms with Crippen molar-refractivity contribution in [3.8, 4) is 11.8 Å². The molecule has 0 unspecified atom stereocenters. The zero-order valence-electron chi connectivity index (χ0n) is 19.8. The molecule has 4 rings (SSSR count). The Kier molecular flexibility index (Phi) is 6.62. The van der Waals surface area contributed by atoms with Crippen LogP contribution in [0, 0.1) is 17.7 Å². The number of nitrogens with two attached hydrogens (primary N) is 1. The number of benzene rings is 1. The first-order valence-corrected chi connectivity index (χ1v) is 11.1. The van der Waals surface area contributed by atoms with Crippen LogP contribution in [0.2, 0.25) is 0 Å². The molecule has 182 valence electrons. The number of imidazole rings is 1. The van der Waals surface area contributed by atoms with E-state index in [0.717, 1.165) is 0 Å². The van der Waals surface area contributed by atoms with Crippen molar-refractivity contribution in [3.05, 3.63) is 59.8 Å². The van der Waals surface area contributed by atoms with Gasteiger partial charge < -0.3 is 29.8 Å². The van der Waals surface area contributed by atoms with E-state index in [9.17, 15) is 14.0 Å². The number of carbonyl (C=O) groups excluding carboxylic acids is 2. The molecule has 3 heterocycles. The average Bonchev–Trinajstić information content (AvgIpc) is 3.52. The molecule has 0 saturated carbocycles. The molecule has 0 aliphatic carbocycles. The number of fused-ring (bicyclic) bond motifs is 1. The van der Waals surface area contributed by atoms with Gasteiger partial charge in [0.2, 0.25) is 5.91 Å². The summed E-state index contributed by atoms with van der Waals surface area (Å²) in [5, 5.41) is 3.05. The molecule has 1 saturated heterocycles. The zero-order chi connectivity index (χ0) is 25.3. The van der Waals surface area contributed by atoms with Crippen molar-refractivity contribution < 1.29 is 18.7 Å². The summed E-state index contributed by atoms with van der Waals surface area (Å²) in [6.45, 7) is 4.38. The molecule has 1 fully saturated rings. The number of primary amides is 1. The molecule has 0 bridgehead atoms. The van der Waals surface area contributed by atoms with Gasteiger partial charge in [-0.15, -0.1) is 0 Å². The van der Waals surface area contributed by atoms with Crippen LogP contribution in [0.4, 0.5) is 10.2 Å². The van der Waals surface area contributed by atoms with Crippen LogP contribution < -0.4 is 11.1 Å². The molecule has 0 radical (unpaired) electrons. The topological polar surface area (TPSA) is 107 Å². The van der Waals surface area contributed by atoms with Crippen molar-refractivity contribution in [3.63, 3.8) is 0 Å². The second-order valence-electron chi connectivity index (χ2n) is 8.41. The number of hydrogen-bond acceptors (Lipinski definition) is 5. The third-order valence-corrected chi connectivity index (χ3v) is 6.23. The third-order valence-electron chi connectivity index (χ3n) is 6.23. The fourth-order valence-electron chi connectivity index (χ4n) is 4.69. The van der Waals surface area contributed by atoms with Gasteiger partial charge in [0.25, 0.3) is 5.91 Å². The summed E-state index contributed by atoms with van der Waals surface area (Å²) in [5.41, 5.74) is 7.65. The number of carbonyl (C=O) groups is 2. The molecule has 2 amide bonds. The number of nitrogens with zero attached hydrogens (tertiary/aromatic N) is 4. The van der Waals surface area contributed by atoms with E-state index in [2.05, 4.69) is 28.7 Å². The maximum atomic E-state index is 14.6. The standard InChI is InChI=1S/C25H27FN6O3/c1-5-21(33)31-12-17(10-18(31)13-35-4)32-11-16(22(24(27)34)25(32)28-2)7-6-15-8-19(26)23-20(9-15)29-14-30(23)3/h5,8-9,11,14,17-18,28H,1,10,12-13H2,2-4H3,(H2,27,34)/t17-,18+/m0/s1. The second kappa shape index (κ2) is 9.64. The summed E-state index contributed by atoms with van der Waals surface area (Å²) in [6, 6.07) is 2.75. The van der Waals surface area contributed by atoms with Gasteiger partial charge in [-0.25, -0.2) is 9.37 Å². The van der Waals surface area contributed by atoms with Crippen molar-refractivity contribution in [2.75, 3.05) is 32.6 Å². The van der Waals surface area contributed by atoms with E-state index in [-0.39, 0.29) is 23.6 Å². The Hall–Kier alpha value is -4.10. The van der Waals surface area contributed by atoms with Gasteiger partial charge in [0.1, 0.15) is 17.2 Å². The summed E-state index contributed by atoms with van der Waals surface area (Å²) in [6.07, 6.45) is 5.17. The Bertz CT molecular complexity index is 1380. The summed E-state index contributed by atoms with van der Waals surface area (Å²) < 4.78 is 23.3. The minimum Gasteiger partial charge on any atom is -0.383 e. The van der Waals surface area contributed by atoms with E-state index >= 15 is 0 Å². The predicted octanol–water partition coefficient (Wildman–Crippen LogP) is 2.03. The number of ether oxygens (including phenoxy) is 1. The van der Waals surface area contributed by atoms with Gasteiger partial charge in [-0.05, 0) is 24.6 Å². The SMILES string of the molecule is C=CC(=O)N1C[C@@H](n2cc(C#Cc3cc(F)c4c(c3)ncn4C)c(C(N)=O)c2NC)C[C@@H]1COC. The van der Waals surface area contributed by atoms with Crippen molar-refractivity contribution in [2.24, 2.45) is 12.8 Å². The van der Waals surface area contributed by atoms with Gasteiger partial charge in [-0.1, -0.05) is 18.4 Å². The van der Waals surface area contributed by atoms with E-state index in [1.807, 2.05) is 4.57 Å². The lowest BCUT2D eigenvalue weighted by Crippen LogP contribution is -2.37. The van der Waals surface area contributed by atoms with Gasteiger partial charge in [0, 0.05) is 39.5 Å². The molecule has 0 spiro atoms. The maximum absolute atomic E-state index is 14.6. The van der Waals surface area contributed by atoms with Crippen LogP contribution in [0.15, 0.2) is 37.3 Å². The molecule has 3 N–H and O–H groups in total. The van der Waals surface area contributed by atoms with Crippen LogP contribution in [0.1, 0.15) is 33.9 Å². The Morgan fingerprint density at radius 1 is 1.40 bits per heavy atom. The summed E-state index contributed by atoms with van der Waals surface area (Å²) in [4.78, 5) is 30.7. The first kappa shape index (κ1) is 24.0. The first-order chi connectivity index (χ1) is 16.8. The molecule has 1 aromatic carbocycles. The van der Waals surface area contributed by atoms with Gasteiger partial charge in [0.05, 0.1) is 41.7 Å². The van der Waals surface area contributed by atoms with E-state index in [1.165, 1.54) is 18.5 Å².